The van der Waals surface area contributed by atoms with Crippen LogP contribution in [0.25, 0.3) is 0 Å². The van der Waals surface area contributed by atoms with Gasteiger partial charge in [0.25, 0.3) is 0 Å². The van der Waals surface area contributed by atoms with E-state index in [1.165, 1.54) is 28.4 Å². The van der Waals surface area contributed by atoms with E-state index in [1.807, 2.05) is 6.07 Å². The summed E-state index contributed by atoms with van der Waals surface area (Å²) in [6.45, 7) is 4.02. The van der Waals surface area contributed by atoms with E-state index >= 15 is 0 Å². The topological polar surface area (TPSA) is 76.1 Å². The number of benzene rings is 1. The van der Waals surface area contributed by atoms with Gasteiger partial charge >= 0.3 is 18.0 Å². The Kier molecular flexibility index (Phi) is 9.74. The fourth-order valence-corrected chi connectivity index (χ4v) is 5.15. The summed E-state index contributed by atoms with van der Waals surface area (Å²) >= 11 is 13.0. The Balaban J connectivity index is 1.61. The molecule has 0 radical (unpaired) electrons. The number of amides is 1. The highest BCUT2D eigenvalue weighted by atomic mass is 35.5. The molecule has 1 aliphatic heterocycles. The Labute approximate surface area is 222 Å². The molecule has 1 fully saturated rings. The molecule has 1 aromatic carbocycles. The van der Waals surface area contributed by atoms with E-state index in [2.05, 4.69) is 0 Å². The summed E-state index contributed by atoms with van der Waals surface area (Å²) < 4.78 is 39.9. The van der Waals surface area contributed by atoms with Gasteiger partial charge in [-0.05, 0) is 57.0 Å². The molecule has 36 heavy (non-hydrogen) atoms. The molecule has 11 heteroatoms. The van der Waals surface area contributed by atoms with Crippen molar-refractivity contribution in [3.8, 4) is 0 Å². The van der Waals surface area contributed by atoms with Gasteiger partial charge in [-0.25, -0.2) is 9.59 Å². The molecule has 2 atom stereocenters. The minimum absolute atomic E-state index is 0.0317. The van der Waals surface area contributed by atoms with Crippen LogP contribution in [0.5, 0.6) is 0 Å². The van der Waals surface area contributed by atoms with Gasteiger partial charge in [0.1, 0.15) is 11.0 Å². The number of hydrogen-bond acceptors (Lipinski definition) is 6. The van der Waals surface area contributed by atoms with E-state index in [9.17, 15) is 23.5 Å². The Hall–Kier alpha value is -2.20. The molecule has 0 bridgehead atoms. The molecular weight excluding hydrogens is 535 g/mol. The summed E-state index contributed by atoms with van der Waals surface area (Å²) in [4.78, 5) is 27.3. The van der Waals surface area contributed by atoms with Crippen LogP contribution in [0.1, 0.15) is 46.8 Å². The third kappa shape index (κ3) is 7.41. The van der Waals surface area contributed by atoms with Gasteiger partial charge in [-0.3, -0.25) is 0 Å². The maximum Gasteiger partial charge on any atom is 0.410 e. The summed E-state index contributed by atoms with van der Waals surface area (Å²) in [6, 6.07) is 6.46. The Morgan fingerprint density at radius 1 is 1.31 bits per heavy atom. The van der Waals surface area contributed by atoms with Gasteiger partial charge < -0.3 is 19.5 Å². The number of hydrogen-bond donors (Lipinski definition) is 1. The molecule has 0 spiro atoms. The van der Waals surface area contributed by atoms with Gasteiger partial charge in [0.05, 0.1) is 18.8 Å². The lowest BCUT2D eigenvalue weighted by Gasteiger charge is -2.33. The molecule has 1 aliphatic rings. The molecule has 0 saturated carbocycles. The number of ether oxygens (including phenoxy) is 2. The van der Waals surface area contributed by atoms with E-state index in [1.54, 1.807) is 19.9 Å². The number of carbonyl (C=O) groups is 2. The number of cyclic esters (lactones) is 1. The van der Waals surface area contributed by atoms with Crippen molar-refractivity contribution in [1.29, 1.82) is 0 Å². The van der Waals surface area contributed by atoms with E-state index in [4.69, 9.17) is 32.7 Å². The second-order valence-electron chi connectivity index (χ2n) is 8.60. The first-order valence-electron chi connectivity index (χ1n) is 11.4. The molecule has 0 aliphatic carbocycles. The Morgan fingerprint density at radius 3 is 2.67 bits per heavy atom. The highest BCUT2D eigenvalue weighted by Gasteiger charge is 2.40. The van der Waals surface area contributed by atoms with Crippen LogP contribution < -0.4 is 0 Å². The maximum absolute atomic E-state index is 14.8. The number of thiophene rings is 1. The molecule has 3 rings (SSSR count). The third-order valence-electron chi connectivity index (χ3n) is 5.44. The first-order chi connectivity index (χ1) is 17.0. The number of rotatable bonds is 10. The maximum atomic E-state index is 14.8. The number of alkyl halides is 2. The van der Waals surface area contributed by atoms with Gasteiger partial charge in [0, 0.05) is 33.5 Å². The van der Waals surface area contributed by atoms with Gasteiger partial charge in [-0.1, -0.05) is 35.4 Å². The molecule has 1 amide bonds. The van der Waals surface area contributed by atoms with Crippen molar-refractivity contribution in [2.75, 3.05) is 13.2 Å². The molecule has 196 valence electrons. The quantitative estimate of drug-likeness (QED) is 0.265. The molecular formula is C25H27Cl2F2NO5S. The minimum Gasteiger partial charge on any atom is -0.459 e. The zero-order chi connectivity index (χ0) is 26.5. The molecule has 2 heterocycles. The van der Waals surface area contributed by atoms with E-state index < -0.39 is 29.7 Å². The fraction of sp³-hybridized carbons (Fsp3) is 0.440. The van der Waals surface area contributed by atoms with E-state index in [0.29, 0.717) is 30.7 Å². The van der Waals surface area contributed by atoms with Crippen molar-refractivity contribution in [3.63, 3.8) is 0 Å². The van der Waals surface area contributed by atoms with Crippen LogP contribution in [-0.4, -0.2) is 53.5 Å². The predicted octanol–water partition coefficient (Wildman–Crippen LogP) is 6.47. The second-order valence-corrected chi connectivity index (χ2v) is 10.6. The number of nitrogens with zero attached hydrogens (tertiary/aromatic N) is 1. The average Bonchev–Trinajstić information content (AvgIpc) is 3.27. The summed E-state index contributed by atoms with van der Waals surface area (Å²) in [5, 5.41) is 10.3. The Bertz CT molecular complexity index is 1090. The lowest BCUT2D eigenvalue weighted by molar-refractivity contribution is -0.0929. The largest absolute Gasteiger partial charge is 0.459 e. The van der Waals surface area contributed by atoms with Crippen molar-refractivity contribution in [1.82, 2.24) is 4.90 Å². The van der Waals surface area contributed by atoms with Crippen molar-refractivity contribution < 1.29 is 33.0 Å². The van der Waals surface area contributed by atoms with Gasteiger partial charge in [0.2, 0.25) is 0 Å². The predicted molar refractivity (Wildman–Crippen MR) is 135 cm³/mol. The number of carbonyl (C=O) groups excluding carboxylic acids is 2. The summed E-state index contributed by atoms with van der Waals surface area (Å²) in [5.41, 5.74) is -0.510. The monoisotopic (exact) mass is 561 g/mol. The molecule has 1 aromatic heterocycles. The first kappa shape index (κ1) is 28.4. The van der Waals surface area contributed by atoms with Gasteiger partial charge in [0.15, 0.2) is 0 Å². The standard InChI is InChI=1S/C25H27Cl2F2NO5S/c1-15(2)35-23(32)21-7-6-20(36-21)4-3-10-30-19(9-11-34-24(30)33)5-8-22(31)25(28,29)16-12-17(26)14-18(27)13-16/h5-8,12-15,19,22,31H,3-4,9-11H2,1-2H3. The SMILES string of the molecule is CC(C)OC(=O)c1ccc(CCCN2C(=O)OCCC2C=CC(O)C(F)(F)c2cc(Cl)cc(Cl)c2)s1. The number of esters is 1. The molecule has 2 aromatic rings. The van der Waals surface area contributed by atoms with Crippen molar-refractivity contribution in [3.05, 3.63) is 67.8 Å². The number of halogens is 4. The second kappa shape index (κ2) is 12.4. The van der Waals surface area contributed by atoms with Crippen LogP contribution in [0.4, 0.5) is 13.6 Å². The lowest BCUT2D eigenvalue weighted by Crippen LogP contribution is -2.45. The summed E-state index contributed by atoms with van der Waals surface area (Å²) in [7, 11) is 0. The summed E-state index contributed by atoms with van der Waals surface area (Å²) in [5.74, 6) is -4.01. The van der Waals surface area contributed by atoms with Crippen LogP contribution in [0.15, 0.2) is 42.5 Å². The molecule has 2 unspecified atom stereocenters. The van der Waals surface area contributed by atoms with Crippen molar-refractivity contribution in [2.24, 2.45) is 0 Å². The summed E-state index contributed by atoms with van der Waals surface area (Å²) in [6.07, 6.45) is 1.04. The lowest BCUT2D eigenvalue weighted by atomic mass is 10.0. The van der Waals surface area contributed by atoms with Crippen LogP contribution in [0.2, 0.25) is 10.0 Å². The van der Waals surface area contributed by atoms with Crippen LogP contribution >= 0.6 is 34.5 Å². The van der Waals surface area contributed by atoms with Crippen LogP contribution in [0.3, 0.4) is 0 Å². The first-order valence-corrected chi connectivity index (χ1v) is 13.0. The van der Waals surface area contributed by atoms with Crippen LogP contribution in [-0.2, 0) is 21.8 Å². The zero-order valence-corrected chi connectivity index (χ0v) is 22.1. The average molecular weight is 562 g/mol. The Morgan fingerprint density at radius 2 is 2.00 bits per heavy atom. The van der Waals surface area contributed by atoms with Crippen LogP contribution in [0, 0.1) is 0 Å². The third-order valence-corrected chi connectivity index (χ3v) is 7.00. The van der Waals surface area contributed by atoms with Gasteiger partial charge in [-0.15, -0.1) is 11.3 Å². The van der Waals surface area contributed by atoms with E-state index in [-0.39, 0.29) is 28.7 Å². The van der Waals surface area contributed by atoms with E-state index in [0.717, 1.165) is 23.1 Å². The van der Waals surface area contributed by atoms with Gasteiger partial charge in [-0.2, -0.15) is 8.78 Å². The molecule has 1 N–H and O–H groups in total. The number of aryl methyl sites for hydroxylation is 1. The highest BCUT2D eigenvalue weighted by Crippen LogP contribution is 2.36. The minimum atomic E-state index is -3.64. The molecule has 1 saturated heterocycles. The highest BCUT2D eigenvalue weighted by molar-refractivity contribution is 7.13. The van der Waals surface area contributed by atoms with Crippen molar-refractivity contribution >= 4 is 46.6 Å². The fourth-order valence-electron chi connectivity index (χ4n) is 3.69. The number of aliphatic hydroxyl groups excluding tert-OH is 1. The van der Waals surface area contributed by atoms with Crippen molar-refractivity contribution in [2.45, 2.75) is 57.3 Å². The zero-order valence-electron chi connectivity index (χ0n) is 19.8. The normalized spacial score (nSPS) is 17.5. The number of aliphatic hydroxyl groups is 1. The molecule has 6 nitrogen and oxygen atoms in total. The smallest absolute Gasteiger partial charge is 0.410 e.